The number of thiazole rings is 1. The third-order valence-corrected chi connectivity index (χ3v) is 6.78. The van der Waals surface area contributed by atoms with Crippen LogP contribution in [0.25, 0.3) is 39.4 Å². The van der Waals surface area contributed by atoms with E-state index in [1.165, 1.54) is 15.9 Å². The molecule has 0 saturated heterocycles. The van der Waals surface area contributed by atoms with Gasteiger partial charge in [-0.05, 0) is 55.8 Å². The van der Waals surface area contributed by atoms with Crippen molar-refractivity contribution < 1.29 is 0 Å². The van der Waals surface area contributed by atoms with Gasteiger partial charge in [0.1, 0.15) is 5.69 Å². The van der Waals surface area contributed by atoms with Crippen molar-refractivity contribution in [3.63, 3.8) is 0 Å². The van der Waals surface area contributed by atoms with Gasteiger partial charge in [-0.2, -0.15) is 14.6 Å². The number of aromatic nitrogens is 6. The van der Waals surface area contributed by atoms with Crippen molar-refractivity contribution in [3.8, 4) is 28.3 Å². The second kappa shape index (κ2) is 8.41. The van der Waals surface area contributed by atoms with Crippen LogP contribution in [0.15, 0.2) is 84.0 Å². The molecule has 0 atom stereocenters. The van der Waals surface area contributed by atoms with Crippen molar-refractivity contribution in [3.05, 3.63) is 111 Å². The Bertz CT molecular complexity index is 1780. The van der Waals surface area contributed by atoms with Crippen LogP contribution in [0.3, 0.4) is 0 Å². The van der Waals surface area contributed by atoms with Crippen LogP contribution in [0.4, 0.5) is 0 Å². The number of nitrogens with zero attached hydrogens (tertiary/aromatic N) is 6. The highest BCUT2D eigenvalue weighted by Crippen LogP contribution is 2.28. The number of para-hydroxylation sites is 1. The predicted molar refractivity (Wildman–Crippen MR) is 138 cm³/mol. The van der Waals surface area contributed by atoms with Gasteiger partial charge in [0.25, 0.3) is 5.56 Å². The van der Waals surface area contributed by atoms with E-state index in [0.717, 1.165) is 39.2 Å². The molecule has 0 aliphatic rings. The standard InChI is InChI=1S/C27H20N6OS/c1-17-8-9-18(2)22(14-17)24-20(16-32(30-24)21-6-4-3-5-7-21)15-23-26(34)33-27(35-23)29-25(31-33)19-10-12-28-13-11-19/h3-16H,1-2H3. The lowest BCUT2D eigenvalue weighted by Gasteiger charge is -2.05. The molecule has 0 spiro atoms. The number of rotatable bonds is 4. The molecule has 0 bridgehead atoms. The number of hydrogen-bond donors (Lipinski definition) is 0. The van der Waals surface area contributed by atoms with Crippen LogP contribution >= 0.6 is 11.3 Å². The zero-order valence-electron chi connectivity index (χ0n) is 19.1. The van der Waals surface area contributed by atoms with Gasteiger partial charge >= 0.3 is 0 Å². The molecule has 4 aromatic heterocycles. The molecule has 2 aromatic carbocycles. The molecule has 0 radical (unpaired) electrons. The van der Waals surface area contributed by atoms with Crippen molar-refractivity contribution >= 4 is 22.4 Å². The Morgan fingerprint density at radius 1 is 0.943 bits per heavy atom. The first-order valence-electron chi connectivity index (χ1n) is 11.1. The first-order valence-corrected chi connectivity index (χ1v) is 11.9. The molecular formula is C27H20N6OS. The highest BCUT2D eigenvalue weighted by atomic mass is 32.1. The van der Waals surface area contributed by atoms with E-state index in [4.69, 9.17) is 5.10 Å². The summed E-state index contributed by atoms with van der Waals surface area (Å²) in [5, 5.41) is 9.36. The first kappa shape index (κ1) is 21.1. The summed E-state index contributed by atoms with van der Waals surface area (Å²) in [5.41, 5.74) is 6.57. The van der Waals surface area contributed by atoms with E-state index in [0.29, 0.717) is 15.3 Å². The van der Waals surface area contributed by atoms with Gasteiger partial charge in [0.15, 0.2) is 5.82 Å². The highest BCUT2D eigenvalue weighted by Gasteiger charge is 2.16. The first-order chi connectivity index (χ1) is 17.1. The van der Waals surface area contributed by atoms with E-state index in [-0.39, 0.29) is 5.56 Å². The molecule has 170 valence electrons. The Hall–Kier alpha value is -4.43. The third kappa shape index (κ3) is 3.83. The van der Waals surface area contributed by atoms with Gasteiger partial charge in [-0.1, -0.05) is 47.2 Å². The van der Waals surface area contributed by atoms with Gasteiger partial charge in [0.05, 0.1) is 10.2 Å². The summed E-state index contributed by atoms with van der Waals surface area (Å²) < 4.78 is 3.78. The molecule has 0 amide bonds. The fourth-order valence-corrected chi connectivity index (χ4v) is 4.90. The Morgan fingerprint density at radius 2 is 1.74 bits per heavy atom. The maximum absolute atomic E-state index is 13.2. The van der Waals surface area contributed by atoms with E-state index < -0.39 is 0 Å². The minimum Gasteiger partial charge on any atom is -0.266 e. The molecule has 4 heterocycles. The Kier molecular flexibility index (Phi) is 5.08. The van der Waals surface area contributed by atoms with Gasteiger partial charge in [-0.3, -0.25) is 9.78 Å². The largest absolute Gasteiger partial charge is 0.291 e. The minimum absolute atomic E-state index is 0.197. The SMILES string of the molecule is Cc1ccc(C)c(-c2nn(-c3ccccc3)cc2C=c2sc3nc(-c4ccncc4)nn3c2=O)c1. The molecule has 0 aliphatic carbocycles. The van der Waals surface area contributed by atoms with Crippen LogP contribution in [0, 0.1) is 13.8 Å². The second-order valence-electron chi connectivity index (χ2n) is 8.31. The van der Waals surface area contributed by atoms with E-state index in [9.17, 15) is 4.79 Å². The van der Waals surface area contributed by atoms with E-state index >= 15 is 0 Å². The van der Waals surface area contributed by atoms with Gasteiger partial charge in [-0.25, -0.2) is 4.68 Å². The van der Waals surface area contributed by atoms with Gasteiger partial charge in [-0.15, -0.1) is 5.10 Å². The molecule has 8 heteroatoms. The lowest BCUT2D eigenvalue weighted by molar-refractivity contribution is 0.884. The Labute approximate surface area is 204 Å². The van der Waals surface area contributed by atoms with E-state index in [2.05, 4.69) is 47.1 Å². The summed E-state index contributed by atoms with van der Waals surface area (Å²) >= 11 is 1.32. The van der Waals surface area contributed by atoms with Crippen LogP contribution < -0.4 is 10.1 Å². The van der Waals surface area contributed by atoms with Crippen LogP contribution in [0.2, 0.25) is 0 Å². The van der Waals surface area contributed by atoms with Crippen LogP contribution in [-0.2, 0) is 0 Å². The minimum atomic E-state index is -0.197. The fraction of sp³-hybridized carbons (Fsp3) is 0.0741. The summed E-state index contributed by atoms with van der Waals surface area (Å²) in [5.74, 6) is 0.510. The lowest BCUT2D eigenvalue weighted by Crippen LogP contribution is -2.23. The van der Waals surface area contributed by atoms with Crippen molar-refractivity contribution in [2.45, 2.75) is 13.8 Å². The quantitative estimate of drug-likeness (QED) is 0.381. The summed E-state index contributed by atoms with van der Waals surface area (Å²) in [6, 6.07) is 19.9. The molecule has 0 fully saturated rings. The van der Waals surface area contributed by atoms with E-state index in [1.54, 1.807) is 12.4 Å². The monoisotopic (exact) mass is 476 g/mol. The topological polar surface area (TPSA) is 78.0 Å². The summed E-state index contributed by atoms with van der Waals surface area (Å²) in [6.07, 6.45) is 7.21. The second-order valence-corrected chi connectivity index (χ2v) is 9.32. The molecule has 0 N–H and O–H groups in total. The average molecular weight is 477 g/mol. The molecule has 0 unspecified atom stereocenters. The smallest absolute Gasteiger partial charge is 0.266 e. The molecular weight excluding hydrogens is 456 g/mol. The van der Waals surface area contributed by atoms with Crippen molar-refractivity contribution in [2.24, 2.45) is 0 Å². The highest BCUT2D eigenvalue weighted by molar-refractivity contribution is 7.15. The average Bonchev–Trinajstić information content (AvgIpc) is 3.57. The van der Waals surface area contributed by atoms with Crippen molar-refractivity contribution in [1.82, 2.24) is 29.4 Å². The van der Waals surface area contributed by atoms with Crippen molar-refractivity contribution in [2.75, 3.05) is 0 Å². The summed E-state index contributed by atoms with van der Waals surface area (Å²) in [7, 11) is 0. The maximum Gasteiger partial charge on any atom is 0.291 e. The normalized spacial score (nSPS) is 12.0. The third-order valence-electron chi connectivity index (χ3n) is 5.82. The Balaban J connectivity index is 1.52. The van der Waals surface area contributed by atoms with Crippen LogP contribution in [0.5, 0.6) is 0 Å². The van der Waals surface area contributed by atoms with Gasteiger partial charge in [0, 0.05) is 35.3 Å². The molecule has 35 heavy (non-hydrogen) atoms. The summed E-state index contributed by atoms with van der Waals surface area (Å²) in [6.45, 7) is 4.14. The number of fused-ring (bicyclic) bond motifs is 1. The zero-order chi connectivity index (χ0) is 23.9. The number of hydrogen-bond acceptors (Lipinski definition) is 6. The van der Waals surface area contributed by atoms with Crippen molar-refractivity contribution in [1.29, 1.82) is 0 Å². The molecule has 0 aliphatic heterocycles. The lowest BCUT2D eigenvalue weighted by atomic mass is 10.0. The molecule has 7 nitrogen and oxygen atoms in total. The van der Waals surface area contributed by atoms with Crippen LogP contribution in [0.1, 0.15) is 16.7 Å². The van der Waals surface area contributed by atoms with Gasteiger partial charge < -0.3 is 0 Å². The van der Waals surface area contributed by atoms with Crippen LogP contribution in [-0.4, -0.2) is 29.4 Å². The maximum atomic E-state index is 13.2. The summed E-state index contributed by atoms with van der Waals surface area (Å²) in [4.78, 5) is 22.4. The fourth-order valence-electron chi connectivity index (χ4n) is 4.00. The number of benzene rings is 2. The zero-order valence-corrected chi connectivity index (χ0v) is 19.9. The Morgan fingerprint density at radius 3 is 2.51 bits per heavy atom. The van der Waals surface area contributed by atoms with Gasteiger partial charge in [0.2, 0.25) is 4.96 Å². The number of pyridine rings is 1. The molecule has 6 rings (SSSR count). The number of aryl methyl sites for hydroxylation is 2. The molecule has 6 aromatic rings. The predicted octanol–water partition coefficient (Wildman–Crippen LogP) is 4.23. The molecule has 0 saturated carbocycles. The van der Waals surface area contributed by atoms with E-state index in [1.807, 2.05) is 59.4 Å².